The molecule has 27 heavy (non-hydrogen) atoms. The summed E-state index contributed by atoms with van der Waals surface area (Å²) in [5.41, 5.74) is 9.04. The first kappa shape index (κ1) is 17.5. The van der Waals surface area contributed by atoms with Gasteiger partial charge < -0.3 is 10.5 Å². The molecule has 1 aliphatic heterocycles. The maximum Gasteiger partial charge on any atom is 0.141 e. The molecule has 0 saturated carbocycles. The number of ether oxygens (including phenoxy) is 1. The Hall–Kier alpha value is -2.90. The third kappa shape index (κ3) is 3.94. The van der Waals surface area contributed by atoms with Crippen LogP contribution in [0, 0.1) is 5.82 Å². The highest BCUT2D eigenvalue weighted by Gasteiger charge is 2.16. The first-order chi connectivity index (χ1) is 13.2. The molecule has 3 heterocycles. The van der Waals surface area contributed by atoms with Gasteiger partial charge in [0.1, 0.15) is 11.6 Å². The standard InChI is InChI=1S/C20H20FN5O/c21-17-10-14(3-4-16(17)18-11-25-20(22)12-24-18)15-2-1-5-23-19(15)13-26-6-8-27-9-7-26/h1-5,10-12H,6-9,13H2,(H2,22,25). The molecule has 0 spiro atoms. The summed E-state index contributed by atoms with van der Waals surface area (Å²) >= 11 is 0. The van der Waals surface area contributed by atoms with Gasteiger partial charge in [0.15, 0.2) is 0 Å². The number of hydrogen-bond acceptors (Lipinski definition) is 6. The Bertz CT molecular complexity index is 926. The Balaban J connectivity index is 1.64. The lowest BCUT2D eigenvalue weighted by molar-refractivity contribution is 0.0337. The summed E-state index contributed by atoms with van der Waals surface area (Å²) in [6, 6.07) is 8.97. The van der Waals surface area contributed by atoms with E-state index in [9.17, 15) is 4.39 Å². The summed E-state index contributed by atoms with van der Waals surface area (Å²) < 4.78 is 20.2. The molecular weight excluding hydrogens is 345 g/mol. The molecule has 0 unspecified atom stereocenters. The smallest absolute Gasteiger partial charge is 0.141 e. The zero-order valence-corrected chi connectivity index (χ0v) is 14.8. The molecule has 2 aromatic heterocycles. The highest BCUT2D eigenvalue weighted by atomic mass is 19.1. The van der Waals surface area contributed by atoms with Gasteiger partial charge in [-0.25, -0.2) is 9.37 Å². The first-order valence-electron chi connectivity index (χ1n) is 8.82. The molecule has 138 valence electrons. The van der Waals surface area contributed by atoms with Crippen molar-refractivity contribution in [3.8, 4) is 22.4 Å². The minimum atomic E-state index is -0.354. The number of nitrogens with zero attached hydrogens (tertiary/aromatic N) is 4. The third-order valence-electron chi connectivity index (χ3n) is 4.60. The second-order valence-corrected chi connectivity index (χ2v) is 6.41. The third-order valence-corrected chi connectivity index (χ3v) is 4.60. The Kier molecular flexibility index (Phi) is 5.04. The molecule has 1 aromatic carbocycles. The number of hydrogen-bond donors (Lipinski definition) is 1. The van der Waals surface area contributed by atoms with E-state index in [2.05, 4.69) is 19.9 Å². The number of morpholine rings is 1. The number of nitrogens with two attached hydrogens (primary N) is 1. The number of halogens is 1. The van der Waals surface area contributed by atoms with Gasteiger partial charge in [-0.05, 0) is 23.8 Å². The highest BCUT2D eigenvalue weighted by molar-refractivity contribution is 5.70. The average Bonchev–Trinajstić information content (AvgIpc) is 2.70. The van der Waals surface area contributed by atoms with Crippen molar-refractivity contribution in [1.82, 2.24) is 19.9 Å². The van der Waals surface area contributed by atoms with Crippen LogP contribution < -0.4 is 5.73 Å². The summed E-state index contributed by atoms with van der Waals surface area (Å²) in [6.45, 7) is 3.92. The lowest BCUT2D eigenvalue weighted by Gasteiger charge is -2.26. The second-order valence-electron chi connectivity index (χ2n) is 6.41. The molecule has 1 aliphatic rings. The molecule has 0 radical (unpaired) electrons. The Labute approximate surface area is 156 Å². The van der Waals surface area contributed by atoms with Gasteiger partial charge in [-0.15, -0.1) is 0 Å². The minimum absolute atomic E-state index is 0.305. The molecule has 1 fully saturated rings. The predicted molar refractivity (Wildman–Crippen MR) is 101 cm³/mol. The summed E-state index contributed by atoms with van der Waals surface area (Å²) in [7, 11) is 0. The van der Waals surface area contributed by atoms with Gasteiger partial charge in [-0.3, -0.25) is 14.9 Å². The summed E-state index contributed by atoms with van der Waals surface area (Å²) in [6.07, 6.45) is 4.67. The van der Waals surface area contributed by atoms with Crippen LogP contribution >= 0.6 is 0 Å². The van der Waals surface area contributed by atoms with Crippen molar-refractivity contribution in [3.63, 3.8) is 0 Å². The number of rotatable bonds is 4. The molecule has 6 nitrogen and oxygen atoms in total. The number of pyridine rings is 1. The summed E-state index contributed by atoms with van der Waals surface area (Å²) in [5, 5.41) is 0. The number of aromatic nitrogens is 3. The van der Waals surface area contributed by atoms with Crippen LogP contribution in [0.15, 0.2) is 48.9 Å². The van der Waals surface area contributed by atoms with E-state index in [1.807, 2.05) is 18.2 Å². The summed E-state index contributed by atoms with van der Waals surface area (Å²) in [4.78, 5) is 15.0. The van der Waals surface area contributed by atoms with Gasteiger partial charge >= 0.3 is 0 Å². The van der Waals surface area contributed by atoms with Crippen LogP contribution in [0.4, 0.5) is 10.2 Å². The van der Waals surface area contributed by atoms with Crippen molar-refractivity contribution in [2.75, 3.05) is 32.0 Å². The fourth-order valence-electron chi connectivity index (χ4n) is 3.17. The van der Waals surface area contributed by atoms with Crippen molar-refractivity contribution in [2.24, 2.45) is 0 Å². The lowest BCUT2D eigenvalue weighted by atomic mass is 10.0. The Morgan fingerprint density at radius 3 is 2.63 bits per heavy atom. The molecule has 0 bridgehead atoms. The van der Waals surface area contributed by atoms with Crippen LogP contribution in [0.1, 0.15) is 5.69 Å². The van der Waals surface area contributed by atoms with Crippen molar-refractivity contribution >= 4 is 5.82 Å². The van der Waals surface area contributed by atoms with Crippen LogP contribution in [0.2, 0.25) is 0 Å². The van der Waals surface area contributed by atoms with Crippen LogP contribution in [0.25, 0.3) is 22.4 Å². The van der Waals surface area contributed by atoms with Gasteiger partial charge in [-0.2, -0.15) is 0 Å². The van der Waals surface area contributed by atoms with Gasteiger partial charge in [0, 0.05) is 37.0 Å². The largest absolute Gasteiger partial charge is 0.382 e. The van der Waals surface area contributed by atoms with Gasteiger partial charge in [0.05, 0.1) is 37.0 Å². The van der Waals surface area contributed by atoms with E-state index in [-0.39, 0.29) is 5.82 Å². The molecule has 3 aromatic rings. The zero-order valence-electron chi connectivity index (χ0n) is 14.8. The van der Waals surface area contributed by atoms with Crippen LogP contribution in [-0.4, -0.2) is 46.2 Å². The van der Waals surface area contributed by atoms with E-state index in [1.54, 1.807) is 12.3 Å². The SMILES string of the molecule is Nc1cnc(-c2ccc(-c3cccnc3CN3CCOCC3)cc2F)cn1. The van der Waals surface area contributed by atoms with Crippen LogP contribution in [0.3, 0.4) is 0 Å². The van der Waals surface area contributed by atoms with Crippen molar-refractivity contribution in [3.05, 3.63) is 60.4 Å². The van der Waals surface area contributed by atoms with E-state index in [4.69, 9.17) is 10.5 Å². The fourth-order valence-corrected chi connectivity index (χ4v) is 3.17. The lowest BCUT2D eigenvalue weighted by Crippen LogP contribution is -2.36. The van der Waals surface area contributed by atoms with Gasteiger partial charge in [0.25, 0.3) is 0 Å². The molecule has 2 N–H and O–H groups in total. The monoisotopic (exact) mass is 365 g/mol. The zero-order chi connectivity index (χ0) is 18.6. The predicted octanol–water partition coefficient (Wildman–Crippen LogP) is 2.76. The molecule has 7 heteroatoms. The van der Waals surface area contributed by atoms with Crippen molar-refractivity contribution < 1.29 is 9.13 Å². The van der Waals surface area contributed by atoms with Gasteiger partial charge in [0.2, 0.25) is 0 Å². The number of benzene rings is 1. The van der Waals surface area contributed by atoms with E-state index in [0.29, 0.717) is 23.6 Å². The maximum absolute atomic E-state index is 14.8. The second kappa shape index (κ2) is 7.77. The van der Waals surface area contributed by atoms with Crippen LogP contribution in [0.5, 0.6) is 0 Å². The Morgan fingerprint density at radius 2 is 1.89 bits per heavy atom. The van der Waals surface area contributed by atoms with E-state index >= 15 is 0 Å². The number of anilines is 1. The molecule has 1 saturated heterocycles. The topological polar surface area (TPSA) is 77.2 Å². The van der Waals surface area contributed by atoms with Crippen LogP contribution in [-0.2, 0) is 11.3 Å². The van der Waals surface area contributed by atoms with Gasteiger partial charge in [-0.1, -0.05) is 12.1 Å². The molecule has 0 aliphatic carbocycles. The van der Waals surface area contributed by atoms with E-state index < -0.39 is 0 Å². The number of nitrogen functional groups attached to an aromatic ring is 1. The van der Waals surface area contributed by atoms with Crippen molar-refractivity contribution in [1.29, 1.82) is 0 Å². The maximum atomic E-state index is 14.8. The molecular formula is C20H20FN5O. The molecule has 0 atom stereocenters. The minimum Gasteiger partial charge on any atom is -0.382 e. The molecule has 0 amide bonds. The van der Waals surface area contributed by atoms with Crippen molar-refractivity contribution in [2.45, 2.75) is 6.54 Å². The quantitative estimate of drug-likeness (QED) is 0.766. The first-order valence-corrected chi connectivity index (χ1v) is 8.82. The fraction of sp³-hybridized carbons (Fsp3) is 0.250. The molecule has 4 rings (SSSR count). The Morgan fingerprint density at radius 1 is 1.04 bits per heavy atom. The normalized spacial score (nSPS) is 15.0. The van der Waals surface area contributed by atoms with E-state index in [1.165, 1.54) is 18.5 Å². The van der Waals surface area contributed by atoms with E-state index in [0.717, 1.165) is 43.1 Å². The highest BCUT2D eigenvalue weighted by Crippen LogP contribution is 2.29. The average molecular weight is 365 g/mol. The summed E-state index contributed by atoms with van der Waals surface area (Å²) in [5.74, 6) is -0.0494.